The maximum absolute atomic E-state index is 13.4. The normalized spacial score (nSPS) is 16.0. The fraction of sp³-hybridized carbons (Fsp3) is 0.292. The molecule has 0 saturated heterocycles. The van der Waals surface area contributed by atoms with E-state index >= 15 is 0 Å². The van der Waals surface area contributed by atoms with Gasteiger partial charge in [0.05, 0.1) is 13.3 Å². The Kier molecular flexibility index (Phi) is 6.36. The van der Waals surface area contributed by atoms with Crippen molar-refractivity contribution in [1.29, 1.82) is 0 Å². The van der Waals surface area contributed by atoms with Gasteiger partial charge in [0.2, 0.25) is 0 Å². The van der Waals surface area contributed by atoms with Gasteiger partial charge in [0.1, 0.15) is 41.9 Å². The molecule has 1 aliphatic rings. The molecule has 192 valence electrons. The molecular formula is C24H21ClF3N7O2. The molecule has 0 spiro atoms. The molecule has 3 heterocycles. The Morgan fingerprint density at radius 1 is 1.16 bits per heavy atom. The van der Waals surface area contributed by atoms with Crippen molar-refractivity contribution >= 4 is 23.2 Å². The van der Waals surface area contributed by atoms with E-state index in [0.29, 0.717) is 45.5 Å². The maximum atomic E-state index is 13.4. The molecule has 0 fully saturated rings. The molecule has 1 amide bonds. The fourth-order valence-electron chi connectivity index (χ4n) is 4.37. The molecule has 4 aromatic rings. The monoisotopic (exact) mass is 531 g/mol. The third-order valence-electron chi connectivity index (χ3n) is 6.07. The lowest BCUT2D eigenvalue weighted by Crippen LogP contribution is -2.42. The number of ether oxygens (including phenoxy) is 1. The molecule has 0 unspecified atom stereocenters. The molecule has 2 aromatic heterocycles. The predicted molar refractivity (Wildman–Crippen MR) is 129 cm³/mol. The molecule has 2 aromatic carbocycles. The molecule has 0 aliphatic carbocycles. The number of fused-ring (bicyclic) bond motifs is 1. The molecule has 9 nitrogen and oxygen atoms in total. The van der Waals surface area contributed by atoms with E-state index in [1.54, 1.807) is 48.4 Å². The average molecular weight is 532 g/mol. The molecule has 0 radical (unpaired) electrons. The smallest absolute Gasteiger partial charge is 0.406 e. The van der Waals surface area contributed by atoms with Gasteiger partial charge in [-0.2, -0.15) is 18.3 Å². The number of hydrogen-bond acceptors (Lipinski definition) is 6. The third-order valence-corrected chi connectivity index (χ3v) is 6.30. The number of halogens is 4. The lowest BCUT2D eigenvalue weighted by atomic mass is 10.1. The van der Waals surface area contributed by atoms with Crippen LogP contribution >= 0.6 is 11.6 Å². The summed E-state index contributed by atoms with van der Waals surface area (Å²) < 4.78 is 48.7. The first kappa shape index (κ1) is 24.8. The number of methoxy groups -OCH3 is 1. The highest BCUT2D eigenvalue weighted by molar-refractivity contribution is 6.30. The molecule has 1 atom stereocenters. The van der Waals surface area contributed by atoms with Crippen LogP contribution in [0.3, 0.4) is 0 Å². The Labute approximate surface area is 214 Å². The lowest BCUT2D eigenvalue weighted by Gasteiger charge is -2.26. The number of alkyl halides is 3. The van der Waals surface area contributed by atoms with Gasteiger partial charge in [-0.15, -0.1) is 5.10 Å². The Balaban J connectivity index is 1.47. The van der Waals surface area contributed by atoms with E-state index in [4.69, 9.17) is 16.3 Å². The summed E-state index contributed by atoms with van der Waals surface area (Å²) in [5.41, 5.74) is 2.50. The second kappa shape index (κ2) is 9.51. The topological polar surface area (TPSA) is 91.0 Å². The predicted octanol–water partition coefficient (Wildman–Crippen LogP) is 4.58. The molecule has 0 N–H and O–H groups in total. The van der Waals surface area contributed by atoms with Crippen LogP contribution in [-0.4, -0.2) is 55.5 Å². The number of benzene rings is 2. The van der Waals surface area contributed by atoms with Crippen molar-refractivity contribution in [3.63, 3.8) is 0 Å². The van der Waals surface area contributed by atoms with Gasteiger partial charge < -0.3 is 9.64 Å². The Bertz CT molecular complexity index is 1470. The molecular weight excluding hydrogens is 511 g/mol. The van der Waals surface area contributed by atoms with Gasteiger partial charge in [0, 0.05) is 16.3 Å². The maximum Gasteiger partial charge on any atom is 0.406 e. The van der Waals surface area contributed by atoms with Crippen molar-refractivity contribution in [2.24, 2.45) is 0 Å². The largest absolute Gasteiger partial charge is 0.494 e. The summed E-state index contributed by atoms with van der Waals surface area (Å²) in [6, 6.07) is 8.84. The van der Waals surface area contributed by atoms with Crippen molar-refractivity contribution in [3.8, 4) is 22.7 Å². The molecule has 0 bridgehead atoms. The van der Waals surface area contributed by atoms with Crippen LogP contribution in [-0.2, 0) is 11.2 Å². The first-order valence-electron chi connectivity index (χ1n) is 11.3. The van der Waals surface area contributed by atoms with Gasteiger partial charge in [-0.05, 0) is 55.7 Å². The highest BCUT2D eigenvalue weighted by Gasteiger charge is 2.39. The van der Waals surface area contributed by atoms with E-state index in [1.165, 1.54) is 23.9 Å². The Hall–Kier alpha value is -3.93. The molecule has 37 heavy (non-hydrogen) atoms. The van der Waals surface area contributed by atoms with Gasteiger partial charge in [-0.25, -0.2) is 14.3 Å². The van der Waals surface area contributed by atoms with Crippen LogP contribution in [0.25, 0.3) is 16.9 Å². The van der Waals surface area contributed by atoms with E-state index in [0.717, 1.165) is 4.90 Å². The summed E-state index contributed by atoms with van der Waals surface area (Å²) in [6.07, 6.45) is -0.896. The highest BCUT2D eigenvalue weighted by Crippen LogP contribution is 2.36. The zero-order chi connectivity index (χ0) is 26.3. The summed E-state index contributed by atoms with van der Waals surface area (Å²) in [6.45, 7) is 0.354. The van der Waals surface area contributed by atoms with Crippen LogP contribution in [0.5, 0.6) is 5.75 Å². The number of nitrogens with zero attached hydrogens (tertiary/aromatic N) is 7. The quantitative estimate of drug-likeness (QED) is 0.374. The minimum Gasteiger partial charge on any atom is -0.494 e. The zero-order valence-corrected chi connectivity index (χ0v) is 20.5. The van der Waals surface area contributed by atoms with Gasteiger partial charge in [-0.1, -0.05) is 22.9 Å². The van der Waals surface area contributed by atoms with Gasteiger partial charge in [0.25, 0.3) is 5.91 Å². The molecule has 13 heteroatoms. The van der Waals surface area contributed by atoms with Crippen LogP contribution in [0.4, 0.5) is 18.9 Å². The average Bonchev–Trinajstić information content (AvgIpc) is 3.49. The summed E-state index contributed by atoms with van der Waals surface area (Å²) >= 11 is 6.08. The van der Waals surface area contributed by atoms with Crippen molar-refractivity contribution in [2.45, 2.75) is 32.0 Å². The van der Waals surface area contributed by atoms with Crippen LogP contribution in [0.2, 0.25) is 5.02 Å². The first-order chi connectivity index (χ1) is 17.6. The van der Waals surface area contributed by atoms with Crippen molar-refractivity contribution in [2.75, 3.05) is 18.6 Å². The fourth-order valence-corrected chi connectivity index (χ4v) is 4.56. The molecule has 1 aliphatic heterocycles. The van der Waals surface area contributed by atoms with Crippen LogP contribution in [0.15, 0.2) is 48.9 Å². The van der Waals surface area contributed by atoms with Crippen molar-refractivity contribution in [3.05, 3.63) is 65.3 Å². The standard InChI is InChI=1S/C24H21ClF3N7O2/c1-14-29-13-35(31-14)20-6-3-15(10-22(20)37-2)18-11-34(32-30-18)21-7-4-16-9-17(25)5-8-19(16)33(23(21)36)12-24(26,27)28/h3,5-6,8-11,13,21H,4,7,12H2,1-2H3/t21-/m1/s1. The Morgan fingerprint density at radius 3 is 2.65 bits per heavy atom. The zero-order valence-electron chi connectivity index (χ0n) is 19.8. The summed E-state index contributed by atoms with van der Waals surface area (Å²) in [4.78, 5) is 18.3. The van der Waals surface area contributed by atoms with Gasteiger partial charge in [0.15, 0.2) is 0 Å². The number of aryl methyl sites for hydroxylation is 2. The second-order valence-electron chi connectivity index (χ2n) is 8.57. The van der Waals surface area contributed by atoms with Crippen LogP contribution < -0.4 is 9.64 Å². The highest BCUT2D eigenvalue weighted by atomic mass is 35.5. The van der Waals surface area contributed by atoms with E-state index in [9.17, 15) is 18.0 Å². The number of carbonyl (C=O) groups is 1. The van der Waals surface area contributed by atoms with Gasteiger partial charge >= 0.3 is 6.18 Å². The van der Waals surface area contributed by atoms with E-state index in [1.807, 2.05) is 0 Å². The third kappa shape index (κ3) is 5.01. The molecule has 0 saturated carbocycles. The number of carbonyl (C=O) groups excluding carboxylic acids is 1. The minimum atomic E-state index is -4.59. The number of aromatic nitrogens is 6. The Morgan fingerprint density at radius 2 is 1.95 bits per heavy atom. The van der Waals surface area contributed by atoms with Crippen molar-refractivity contribution in [1.82, 2.24) is 29.8 Å². The van der Waals surface area contributed by atoms with Crippen molar-refractivity contribution < 1.29 is 22.7 Å². The SMILES string of the molecule is COc1cc(-c2cn([C@@H]3CCc4cc(Cl)ccc4N(CC(F)(F)F)C3=O)nn2)ccc1-n1cnc(C)n1. The van der Waals surface area contributed by atoms with Crippen LogP contribution in [0, 0.1) is 6.92 Å². The minimum absolute atomic E-state index is 0.193. The van der Waals surface area contributed by atoms with Gasteiger partial charge in [-0.3, -0.25) is 4.79 Å². The summed E-state index contributed by atoms with van der Waals surface area (Å²) in [5.74, 6) is 0.390. The van der Waals surface area contributed by atoms with Crippen LogP contribution in [0.1, 0.15) is 23.9 Å². The summed E-state index contributed by atoms with van der Waals surface area (Å²) in [5, 5.41) is 13.0. The van der Waals surface area contributed by atoms with E-state index < -0.39 is 24.7 Å². The number of hydrogen-bond donors (Lipinski definition) is 0. The second-order valence-corrected chi connectivity index (χ2v) is 9.01. The first-order valence-corrected chi connectivity index (χ1v) is 11.7. The van der Waals surface area contributed by atoms with E-state index in [2.05, 4.69) is 20.4 Å². The number of anilines is 1. The lowest BCUT2D eigenvalue weighted by molar-refractivity contribution is -0.134. The summed E-state index contributed by atoms with van der Waals surface area (Å²) in [7, 11) is 1.52. The van der Waals surface area contributed by atoms with E-state index in [-0.39, 0.29) is 12.1 Å². The number of rotatable bonds is 5. The number of amides is 1. The molecule has 5 rings (SSSR count).